The molecule has 0 aliphatic rings. The first-order chi connectivity index (χ1) is 5.84. The molecule has 0 radical (unpaired) electrons. The Morgan fingerprint density at radius 2 is 1.46 bits per heavy atom. The van der Waals surface area contributed by atoms with Crippen LogP contribution < -0.4 is 0 Å². The van der Waals surface area contributed by atoms with Gasteiger partial charge in [0.15, 0.2) is 0 Å². The largest absolute Gasteiger partial charge is 0.319 e. The maximum absolute atomic E-state index is 11.0. The molecule has 0 amide bonds. The van der Waals surface area contributed by atoms with Gasteiger partial charge in [0, 0.05) is 6.92 Å². The van der Waals surface area contributed by atoms with Crippen molar-refractivity contribution < 1.29 is 17.5 Å². The molecule has 0 saturated heterocycles. The van der Waals surface area contributed by atoms with Gasteiger partial charge in [0.05, 0.1) is 19.6 Å². The Balaban J connectivity index is 4.96. The second-order valence-electron chi connectivity index (χ2n) is 3.28. The molecule has 4 nitrogen and oxygen atoms in total. The lowest BCUT2D eigenvalue weighted by Gasteiger charge is -2.39. The second-order valence-corrected chi connectivity index (χ2v) is 4.99. The molecular weight excluding hydrogens is 190 g/mol. The molecule has 0 bridgehead atoms. The van der Waals surface area contributed by atoms with Gasteiger partial charge in [-0.2, -0.15) is 8.42 Å². The van der Waals surface area contributed by atoms with Gasteiger partial charge >= 0.3 is 10.1 Å². The average molecular weight is 210 g/mol. The van der Waals surface area contributed by atoms with Crippen LogP contribution in [0.1, 0.15) is 27.7 Å². The summed E-state index contributed by atoms with van der Waals surface area (Å²) in [6.45, 7) is 9.53. The predicted octanol–water partition coefficient (Wildman–Crippen LogP) is 1.10. The molecule has 13 heavy (non-hydrogen) atoms. The van der Waals surface area contributed by atoms with Crippen LogP contribution in [0.3, 0.4) is 0 Å². The summed E-state index contributed by atoms with van der Waals surface area (Å²) in [7, 11) is -3.92. The Labute approximate surface area is 80.9 Å². The van der Waals surface area contributed by atoms with Crippen molar-refractivity contribution in [2.45, 2.75) is 33.1 Å². The molecule has 0 saturated carbocycles. The third kappa shape index (κ3) is 2.65. The summed E-state index contributed by atoms with van der Waals surface area (Å²) in [6.07, 6.45) is 0. The number of nitrogens with zero attached hydrogens (tertiary/aromatic N) is 1. The van der Waals surface area contributed by atoms with Gasteiger partial charge in [-0.1, -0.05) is 0 Å². The first-order valence-corrected chi connectivity index (χ1v) is 6.16. The van der Waals surface area contributed by atoms with Gasteiger partial charge in [0.25, 0.3) is 0 Å². The minimum Gasteiger partial charge on any atom is -0.308 e. The van der Waals surface area contributed by atoms with Crippen LogP contribution >= 0.6 is 0 Å². The van der Waals surface area contributed by atoms with E-state index in [1.807, 2.05) is 20.8 Å². The molecule has 0 aliphatic carbocycles. The van der Waals surface area contributed by atoms with Gasteiger partial charge < -0.3 is 4.48 Å². The molecule has 0 fully saturated rings. The van der Waals surface area contributed by atoms with Gasteiger partial charge in [-0.3, -0.25) is 4.55 Å². The quantitative estimate of drug-likeness (QED) is 0.546. The Kier molecular flexibility index (Phi) is 4.35. The van der Waals surface area contributed by atoms with Crippen molar-refractivity contribution >= 4 is 10.1 Å². The fourth-order valence-electron chi connectivity index (χ4n) is 1.72. The lowest BCUT2D eigenvalue weighted by molar-refractivity contribution is -0.932. The zero-order valence-corrected chi connectivity index (χ0v) is 9.63. The maximum atomic E-state index is 11.0. The Morgan fingerprint density at radius 3 is 1.54 bits per heavy atom. The second kappa shape index (κ2) is 4.39. The normalized spacial score (nSPS) is 15.8. The average Bonchev–Trinajstić information content (AvgIpc) is 2.07. The lowest BCUT2D eigenvalue weighted by Crippen LogP contribution is -2.56. The monoisotopic (exact) mass is 210 g/mol. The minimum absolute atomic E-state index is 0.416. The molecular formula is C8H20NO3S+. The highest BCUT2D eigenvalue weighted by molar-refractivity contribution is 7.86. The van der Waals surface area contributed by atoms with E-state index >= 15 is 0 Å². The van der Waals surface area contributed by atoms with E-state index < -0.39 is 15.5 Å². The number of hydrogen-bond acceptors (Lipinski definition) is 2. The van der Waals surface area contributed by atoms with Crippen molar-refractivity contribution in [1.29, 1.82) is 0 Å². The molecule has 5 heteroatoms. The molecule has 1 atom stereocenters. The highest BCUT2D eigenvalue weighted by atomic mass is 32.2. The third-order valence-electron chi connectivity index (χ3n) is 3.09. The summed E-state index contributed by atoms with van der Waals surface area (Å²) in [5.41, 5.74) is 0. The molecule has 0 aromatic carbocycles. The van der Waals surface area contributed by atoms with Crippen molar-refractivity contribution in [1.82, 2.24) is 0 Å². The topological polar surface area (TPSA) is 54.4 Å². The molecule has 0 aromatic rings. The third-order valence-corrected chi connectivity index (χ3v) is 4.40. The first-order valence-electron chi connectivity index (χ1n) is 4.66. The van der Waals surface area contributed by atoms with E-state index in [2.05, 4.69) is 0 Å². The smallest absolute Gasteiger partial charge is 0.308 e. The Bertz CT molecular complexity index is 236. The molecule has 0 heterocycles. The summed E-state index contributed by atoms with van der Waals surface area (Å²) in [5, 5.41) is -0.729. The van der Waals surface area contributed by atoms with E-state index in [4.69, 9.17) is 4.55 Å². The molecule has 80 valence electrons. The Hall–Kier alpha value is -0.130. The van der Waals surface area contributed by atoms with Crippen LogP contribution in [-0.2, 0) is 10.1 Å². The summed E-state index contributed by atoms with van der Waals surface area (Å²) in [5.74, 6) is 0. The van der Waals surface area contributed by atoms with Crippen molar-refractivity contribution in [3.05, 3.63) is 0 Å². The van der Waals surface area contributed by atoms with Crippen LogP contribution in [0.2, 0.25) is 0 Å². The van der Waals surface area contributed by atoms with E-state index in [0.29, 0.717) is 24.1 Å². The fourth-order valence-corrected chi connectivity index (χ4v) is 2.74. The number of hydrogen-bond donors (Lipinski definition) is 1. The van der Waals surface area contributed by atoms with Crippen molar-refractivity contribution in [2.75, 3.05) is 19.6 Å². The highest BCUT2D eigenvalue weighted by Gasteiger charge is 2.37. The van der Waals surface area contributed by atoms with E-state index in [-0.39, 0.29) is 0 Å². The zero-order valence-electron chi connectivity index (χ0n) is 8.82. The van der Waals surface area contributed by atoms with Gasteiger partial charge in [0.2, 0.25) is 5.37 Å². The predicted molar refractivity (Wildman–Crippen MR) is 52.9 cm³/mol. The van der Waals surface area contributed by atoms with E-state index in [1.165, 1.54) is 0 Å². The number of rotatable bonds is 5. The van der Waals surface area contributed by atoms with Crippen molar-refractivity contribution in [3.8, 4) is 0 Å². The molecule has 0 spiro atoms. The van der Waals surface area contributed by atoms with Crippen LogP contribution in [0.4, 0.5) is 0 Å². The molecule has 1 N–H and O–H groups in total. The van der Waals surface area contributed by atoms with Crippen LogP contribution in [0.5, 0.6) is 0 Å². The molecule has 0 aliphatic heterocycles. The summed E-state index contributed by atoms with van der Waals surface area (Å²) in [6, 6.07) is 0. The first kappa shape index (κ1) is 12.9. The van der Waals surface area contributed by atoms with Crippen molar-refractivity contribution in [2.24, 2.45) is 0 Å². The highest BCUT2D eigenvalue weighted by Crippen LogP contribution is 2.16. The summed E-state index contributed by atoms with van der Waals surface area (Å²) >= 11 is 0. The van der Waals surface area contributed by atoms with E-state index in [9.17, 15) is 8.42 Å². The number of quaternary nitrogens is 1. The molecule has 0 aromatic heterocycles. The van der Waals surface area contributed by atoms with Gasteiger partial charge in [-0.25, -0.2) is 0 Å². The standard InChI is InChI=1S/C8H19NO3S/c1-5-9(6-2,7-3)8(4)13(10,11)12/h8H,5-7H2,1-4H3/p+1. The summed E-state index contributed by atoms with van der Waals surface area (Å²) in [4.78, 5) is 0. The van der Waals surface area contributed by atoms with Gasteiger partial charge in [0.1, 0.15) is 0 Å². The van der Waals surface area contributed by atoms with Crippen molar-refractivity contribution in [3.63, 3.8) is 0 Å². The van der Waals surface area contributed by atoms with E-state index in [1.54, 1.807) is 6.92 Å². The van der Waals surface area contributed by atoms with Gasteiger partial charge in [-0.05, 0) is 20.8 Å². The van der Waals surface area contributed by atoms with E-state index in [0.717, 1.165) is 0 Å². The fraction of sp³-hybridized carbons (Fsp3) is 1.00. The Morgan fingerprint density at radius 1 is 1.15 bits per heavy atom. The maximum Gasteiger partial charge on any atom is 0.319 e. The lowest BCUT2D eigenvalue weighted by atomic mass is 10.3. The molecule has 1 unspecified atom stereocenters. The van der Waals surface area contributed by atoms with Gasteiger partial charge in [-0.15, -0.1) is 0 Å². The van der Waals surface area contributed by atoms with Crippen LogP contribution in [0.25, 0.3) is 0 Å². The molecule has 0 rings (SSSR count). The summed E-state index contributed by atoms with van der Waals surface area (Å²) < 4.78 is 31.4. The van der Waals surface area contributed by atoms with Crippen LogP contribution in [0, 0.1) is 0 Å². The zero-order chi connectivity index (χ0) is 10.7. The SMILES string of the molecule is CC[N+](CC)(CC)C(C)S(=O)(=O)O. The minimum atomic E-state index is -3.92. The van der Waals surface area contributed by atoms with Crippen LogP contribution in [-0.4, -0.2) is 42.5 Å². The van der Waals surface area contributed by atoms with Crippen LogP contribution in [0.15, 0.2) is 0 Å².